The first-order valence-electron chi connectivity index (χ1n) is 4.33. The fourth-order valence-corrected chi connectivity index (χ4v) is 1.80. The van der Waals surface area contributed by atoms with Crippen molar-refractivity contribution in [2.24, 2.45) is 0 Å². The van der Waals surface area contributed by atoms with Crippen LogP contribution in [0.2, 0.25) is 0 Å². The molecule has 4 heteroatoms. The molecule has 4 nitrogen and oxygen atoms in total. The third-order valence-electron chi connectivity index (χ3n) is 2.49. The van der Waals surface area contributed by atoms with Crippen molar-refractivity contribution in [3.8, 4) is 0 Å². The summed E-state index contributed by atoms with van der Waals surface area (Å²) < 4.78 is 0. The lowest BCUT2D eigenvalue weighted by Crippen LogP contribution is -2.47. The number of aliphatic hydroxyl groups is 1. The van der Waals surface area contributed by atoms with Crippen molar-refractivity contribution >= 4 is 0 Å². The van der Waals surface area contributed by atoms with Gasteiger partial charge >= 0.3 is 0 Å². The Balaban J connectivity index is 2.89. The highest BCUT2D eigenvalue weighted by atomic mass is 16.6. The molecule has 0 unspecified atom stereocenters. The van der Waals surface area contributed by atoms with Gasteiger partial charge in [0.2, 0.25) is 6.04 Å². The molecule has 1 rings (SSSR count). The molecule has 72 valence electrons. The highest BCUT2D eigenvalue weighted by Crippen LogP contribution is 2.31. The van der Waals surface area contributed by atoms with E-state index >= 15 is 0 Å². The Labute approximate surface area is 76.7 Å². The summed E-state index contributed by atoms with van der Waals surface area (Å²) in [6.45, 7) is 3.33. The first-order chi connectivity index (χ1) is 6.10. The molecule has 0 aliphatic heterocycles. The second-order valence-corrected chi connectivity index (χ2v) is 3.39. The van der Waals surface area contributed by atoms with Gasteiger partial charge in [0.05, 0.1) is 0 Å². The van der Waals surface area contributed by atoms with Gasteiger partial charge in [-0.3, -0.25) is 10.1 Å². The van der Waals surface area contributed by atoms with Crippen LogP contribution < -0.4 is 0 Å². The fourth-order valence-electron chi connectivity index (χ4n) is 1.80. The molecular weight excluding hydrogens is 170 g/mol. The molecule has 0 spiro atoms. The van der Waals surface area contributed by atoms with E-state index < -0.39 is 16.6 Å². The van der Waals surface area contributed by atoms with Gasteiger partial charge in [-0.2, -0.15) is 0 Å². The number of nitrogens with zero attached hydrogens (tertiary/aromatic N) is 1. The van der Waals surface area contributed by atoms with Crippen LogP contribution in [0.25, 0.3) is 0 Å². The second kappa shape index (κ2) is 3.73. The Morgan fingerprint density at radius 1 is 1.69 bits per heavy atom. The van der Waals surface area contributed by atoms with E-state index in [9.17, 15) is 15.2 Å². The maximum Gasteiger partial charge on any atom is 0.245 e. The van der Waals surface area contributed by atoms with Gasteiger partial charge in [0, 0.05) is 11.3 Å². The van der Waals surface area contributed by atoms with Crippen LogP contribution in [0.5, 0.6) is 0 Å². The molecule has 0 radical (unpaired) electrons. The highest BCUT2D eigenvalue weighted by Gasteiger charge is 2.45. The van der Waals surface area contributed by atoms with E-state index in [-0.39, 0.29) is 0 Å². The number of hydrogen-bond acceptors (Lipinski definition) is 3. The van der Waals surface area contributed by atoms with Crippen LogP contribution >= 0.6 is 0 Å². The van der Waals surface area contributed by atoms with Crippen molar-refractivity contribution < 1.29 is 10.0 Å². The molecule has 1 saturated carbocycles. The molecule has 1 aliphatic carbocycles. The van der Waals surface area contributed by atoms with Gasteiger partial charge in [-0.05, 0) is 25.3 Å². The lowest BCUT2D eigenvalue weighted by molar-refractivity contribution is -0.545. The van der Waals surface area contributed by atoms with E-state index in [0.717, 1.165) is 12.8 Å². The van der Waals surface area contributed by atoms with E-state index in [1.807, 2.05) is 0 Å². The summed E-state index contributed by atoms with van der Waals surface area (Å²) in [5.74, 6) is 0. The van der Waals surface area contributed by atoms with Gasteiger partial charge in [0.15, 0.2) is 5.60 Å². The third kappa shape index (κ3) is 1.97. The molecule has 0 aromatic carbocycles. The van der Waals surface area contributed by atoms with Crippen molar-refractivity contribution in [1.29, 1.82) is 0 Å². The predicted octanol–water partition coefficient (Wildman–Crippen LogP) is 1.28. The SMILES string of the molecule is C=C=C[C@]1(O)CCCC[C@@H]1[N+](=O)[O-]. The molecule has 1 fully saturated rings. The summed E-state index contributed by atoms with van der Waals surface area (Å²) in [5, 5.41) is 20.5. The summed E-state index contributed by atoms with van der Waals surface area (Å²) in [6.07, 6.45) is 3.81. The Kier molecular flexibility index (Phi) is 2.86. The molecule has 2 atom stereocenters. The maximum absolute atomic E-state index is 10.6. The Hall–Kier alpha value is -1.12. The normalized spacial score (nSPS) is 33.5. The van der Waals surface area contributed by atoms with Gasteiger partial charge in [-0.15, -0.1) is 5.73 Å². The van der Waals surface area contributed by atoms with Crippen molar-refractivity contribution in [1.82, 2.24) is 0 Å². The van der Waals surface area contributed by atoms with Crippen molar-refractivity contribution in [3.63, 3.8) is 0 Å². The summed E-state index contributed by atoms with van der Waals surface area (Å²) in [4.78, 5) is 10.2. The topological polar surface area (TPSA) is 63.4 Å². The second-order valence-electron chi connectivity index (χ2n) is 3.39. The van der Waals surface area contributed by atoms with Gasteiger partial charge in [0.25, 0.3) is 0 Å². The standard InChI is InChI=1S/C9H13NO3/c1-2-6-9(11)7-4-3-5-8(9)10(12)13/h6,8,11H,1,3-5,7H2/t8-,9-/m0/s1. The minimum absolute atomic E-state index is 0.410. The van der Waals surface area contributed by atoms with E-state index in [2.05, 4.69) is 12.3 Å². The van der Waals surface area contributed by atoms with E-state index in [4.69, 9.17) is 0 Å². The van der Waals surface area contributed by atoms with E-state index in [1.165, 1.54) is 6.08 Å². The van der Waals surface area contributed by atoms with Crippen LogP contribution in [0.3, 0.4) is 0 Å². The van der Waals surface area contributed by atoms with Gasteiger partial charge < -0.3 is 5.11 Å². The first kappa shape index (κ1) is 9.96. The summed E-state index contributed by atoms with van der Waals surface area (Å²) in [7, 11) is 0. The zero-order valence-electron chi connectivity index (χ0n) is 7.40. The van der Waals surface area contributed by atoms with Crippen LogP contribution in [0.4, 0.5) is 0 Å². The summed E-state index contributed by atoms with van der Waals surface area (Å²) in [5.41, 5.74) is 1.10. The fraction of sp³-hybridized carbons (Fsp3) is 0.667. The molecule has 0 amide bonds. The smallest absolute Gasteiger partial charge is 0.245 e. The van der Waals surface area contributed by atoms with Crippen LogP contribution in [-0.2, 0) is 0 Å². The number of hydrogen-bond donors (Lipinski definition) is 1. The number of rotatable bonds is 2. The molecule has 0 heterocycles. The first-order valence-corrected chi connectivity index (χ1v) is 4.33. The maximum atomic E-state index is 10.6. The van der Waals surface area contributed by atoms with Crippen LogP contribution in [0.1, 0.15) is 25.7 Å². The monoisotopic (exact) mass is 183 g/mol. The zero-order valence-corrected chi connectivity index (χ0v) is 7.40. The van der Waals surface area contributed by atoms with Crippen LogP contribution in [0.15, 0.2) is 18.4 Å². The third-order valence-corrected chi connectivity index (χ3v) is 2.49. The molecule has 0 bridgehead atoms. The van der Waals surface area contributed by atoms with Gasteiger partial charge in [0.1, 0.15) is 0 Å². The predicted molar refractivity (Wildman–Crippen MR) is 47.9 cm³/mol. The van der Waals surface area contributed by atoms with Crippen molar-refractivity contribution in [2.75, 3.05) is 0 Å². The molecule has 0 aromatic heterocycles. The van der Waals surface area contributed by atoms with Crippen molar-refractivity contribution in [3.05, 3.63) is 28.5 Å². The van der Waals surface area contributed by atoms with E-state index in [1.54, 1.807) is 0 Å². The van der Waals surface area contributed by atoms with Crippen LogP contribution in [0, 0.1) is 10.1 Å². The Bertz CT molecular complexity index is 258. The Morgan fingerprint density at radius 3 is 2.92 bits per heavy atom. The van der Waals surface area contributed by atoms with E-state index in [0.29, 0.717) is 12.8 Å². The minimum atomic E-state index is -1.33. The van der Waals surface area contributed by atoms with Crippen molar-refractivity contribution in [2.45, 2.75) is 37.3 Å². The van der Waals surface area contributed by atoms with Gasteiger partial charge in [-0.25, -0.2) is 0 Å². The molecule has 0 aromatic rings. The molecule has 1 N–H and O–H groups in total. The lowest BCUT2D eigenvalue weighted by Gasteiger charge is -2.30. The molecular formula is C9H13NO3. The highest BCUT2D eigenvalue weighted by molar-refractivity contribution is 5.05. The number of nitro groups is 1. The molecule has 13 heavy (non-hydrogen) atoms. The zero-order chi connectivity index (χ0) is 9.90. The molecule has 0 saturated heterocycles. The largest absolute Gasteiger partial charge is 0.378 e. The van der Waals surface area contributed by atoms with Crippen LogP contribution in [-0.4, -0.2) is 21.7 Å². The average Bonchev–Trinajstić information content (AvgIpc) is 2.04. The average molecular weight is 183 g/mol. The quantitative estimate of drug-likeness (QED) is 0.398. The summed E-state index contributed by atoms with van der Waals surface area (Å²) >= 11 is 0. The molecule has 1 aliphatic rings. The summed E-state index contributed by atoms with van der Waals surface area (Å²) in [6, 6.07) is -0.893. The van der Waals surface area contributed by atoms with Gasteiger partial charge in [-0.1, -0.05) is 6.58 Å². The Morgan fingerprint density at radius 2 is 2.38 bits per heavy atom. The lowest BCUT2D eigenvalue weighted by atomic mass is 9.80. The minimum Gasteiger partial charge on any atom is -0.378 e.